The molecule has 0 aromatic heterocycles. The number of sulfonamides is 1. The number of hydrogen-bond donors (Lipinski definition) is 2. The van der Waals surface area contributed by atoms with E-state index >= 15 is 0 Å². The number of rotatable bonds is 5. The summed E-state index contributed by atoms with van der Waals surface area (Å²) in [7, 11) is -3.36. The van der Waals surface area contributed by atoms with Crippen LogP contribution in [-0.4, -0.2) is 27.2 Å². The normalized spacial score (nSPS) is 26.8. The zero-order valence-electron chi connectivity index (χ0n) is 11.3. The van der Waals surface area contributed by atoms with Gasteiger partial charge in [-0.1, -0.05) is 12.1 Å². The second-order valence-electron chi connectivity index (χ2n) is 5.69. The molecule has 1 saturated heterocycles. The molecule has 2 fully saturated rings. The molecule has 0 amide bonds. The average molecular weight is 296 g/mol. The topological polar surface area (TPSA) is 81.4 Å². The van der Waals surface area contributed by atoms with Crippen LogP contribution in [0.5, 0.6) is 0 Å². The van der Waals surface area contributed by atoms with E-state index < -0.39 is 10.0 Å². The molecule has 20 heavy (non-hydrogen) atoms. The van der Waals surface area contributed by atoms with E-state index in [9.17, 15) is 8.42 Å². The predicted molar refractivity (Wildman–Crippen MR) is 77.5 cm³/mol. The standard InChI is InChI=1S/C14H20N2O3S/c15-12-3-1-2-10(8-12)9-20(17,18)16-13-6-7-19-14(13)11-4-5-11/h1-3,8,11,13-14,16H,4-7,9,15H2. The first-order valence-electron chi connectivity index (χ1n) is 6.99. The Labute approximate surface area is 119 Å². The van der Waals surface area contributed by atoms with Crippen LogP contribution in [0.2, 0.25) is 0 Å². The fraction of sp³-hybridized carbons (Fsp3) is 0.571. The Bertz CT molecular complexity index is 584. The molecule has 2 aliphatic rings. The first-order chi connectivity index (χ1) is 9.53. The van der Waals surface area contributed by atoms with Crippen molar-refractivity contribution in [3.8, 4) is 0 Å². The molecule has 110 valence electrons. The number of benzene rings is 1. The zero-order chi connectivity index (χ0) is 14.2. The Morgan fingerprint density at radius 2 is 2.10 bits per heavy atom. The lowest BCUT2D eigenvalue weighted by Crippen LogP contribution is -2.41. The molecule has 2 unspecified atom stereocenters. The summed E-state index contributed by atoms with van der Waals surface area (Å²) in [5, 5.41) is 0. The molecule has 3 N–H and O–H groups in total. The molecule has 6 heteroatoms. The van der Waals surface area contributed by atoms with Gasteiger partial charge in [-0.2, -0.15) is 0 Å². The number of nitrogens with one attached hydrogen (secondary N) is 1. The summed E-state index contributed by atoms with van der Waals surface area (Å²) in [5.74, 6) is 0.504. The Morgan fingerprint density at radius 3 is 2.80 bits per heavy atom. The lowest BCUT2D eigenvalue weighted by atomic mass is 10.1. The van der Waals surface area contributed by atoms with Crippen molar-refractivity contribution in [1.82, 2.24) is 4.72 Å². The molecule has 5 nitrogen and oxygen atoms in total. The Morgan fingerprint density at radius 1 is 1.30 bits per heavy atom. The number of nitrogens with two attached hydrogens (primary N) is 1. The van der Waals surface area contributed by atoms with Crippen molar-refractivity contribution in [2.24, 2.45) is 5.92 Å². The lowest BCUT2D eigenvalue weighted by Gasteiger charge is -2.19. The minimum absolute atomic E-state index is 0.0358. The third-order valence-electron chi connectivity index (χ3n) is 3.86. The van der Waals surface area contributed by atoms with Gasteiger partial charge in [0.25, 0.3) is 0 Å². The summed E-state index contributed by atoms with van der Waals surface area (Å²) < 4.78 is 33.0. The van der Waals surface area contributed by atoms with Crippen molar-refractivity contribution in [3.63, 3.8) is 0 Å². The van der Waals surface area contributed by atoms with Gasteiger partial charge in [0, 0.05) is 12.3 Å². The van der Waals surface area contributed by atoms with Gasteiger partial charge < -0.3 is 10.5 Å². The van der Waals surface area contributed by atoms with E-state index in [1.165, 1.54) is 0 Å². The summed E-state index contributed by atoms with van der Waals surface area (Å²) in [6.07, 6.45) is 3.12. The number of nitrogen functional groups attached to an aromatic ring is 1. The minimum atomic E-state index is -3.36. The Balaban J connectivity index is 1.66. The maximum Gasteiger partial charge on any atom is 0.216 e. The second kappa shape index (κ2) is 5.35. The fourth-order valence-electron chi connectivity index (χ4n) is 2.80. The van der Waals surface area contributed by atoms with Crippen LogP contribution in [0.25, 0.3) is 0 Å². The van der Waals surface area contributed by atoms with Crippen LogP contribution >= 0.6 is 0 Å². The van der Waals surface area contributed by atoms with Gasteiger partial charge in [-0.05, 0) is 42.9 Å². The van der Waals surface area contributed by atoms with Crippen LogP contribution in [-0.2, 0) is 20.5 Å². The number of ether oxygens (including phenoxy) is 1. The van der Waals surface area contributed by atoms with E-state index in [-0.39, 0.29) is 17.9 Å². The molecule has 3 rings (SSSR count). The molecule has 1 aromatic carbocycles. The van der Waals surface area contributed by atoms with Crippen LogP contribution in [0.4, 0.5) is 5.69 Å². The van der Waals surface area contributed by atoms with E-state index in [4.69, 9.17) is 10.5 Å². The molecular formula is C14H20N2O3S. The van der Waals surface area contributed by atoms with Crippen LogP contribution < -0.4 is 10.5 Å². The van der Waals surface area contributed by atoms with E-state index in [1.807, 2.05) is 0 Å². The molecule has 1 aliphatic heterocycles. The first-order valence-corrected chi connectivity index (χ1v) is 8.65. The van der Waals surface area contributed by atoms with Gasteiger partial charge in [0.1, 0.15) is 0 Å². The average Bonchev–Trinajstić information content (AvgIpc) is 3.10. The van der Waals surface area contributed by atoms with Crippen molar-refractivity contribution >= 4 is 15.7 Å². The van der Waals surface area contributed by atoms with Crippen molar-refractivity contribution in [2.45, 2.75) is 37.2 Å². The number of anilines is 1. The van der Waals surface area contributed by atoms with Gasteiger partial charge in [0.2, 0.25) is 10.0 Å². The highest BCUT2D eigenvalue weighted by Crippen LogP contribution is 2.38. The fourth-order valence-corrected chi connectivity index (χ4v) is 4.22. The van der Waals surface area contributed by atoms with Crippen LogP contribution in [0.1, 0.15) is 24.8 Å². The summed E-state index contributed by atoms with van der Waals surface area (Å²) in [5.41, 5.74) is 6.96. The zero-order valence-corrected chi connectivity index (χ0v) is 12.1. The molecule has 1 heterocycles. The van der Waals surface area contributed by atoms with Gasteiger partial charge in [-0.25, -0.2) is 13.1 Å². The van der Waals surface area contributed by atoms with Crippen LogP contribution in [0, 0.1) is 5.92 Å². The molecule has 0 radical (unpaired) electrons. The van der Waals surface area contributed by atoms with Gasteiger partial charge in [0.15, 0.2) is 0 Å². The minimum Gasteiger partial charge on any atom is -0.399 e. The quantitative estimate of drug-likeness (QED) is 0.801. The summed E-state index contributed by atoms with van der Waals surface area (Å²) in [6.45, 7) is 0.645. The van der Waals surface area contributed by atoms with Crippen LogP contribution in [0.3, 0.4) is 0 Å². The predicted octanol–water partition coefficient (Wildman–Crippen LogP) is 1.26. The largest absolute Gasteiger partial charge is 0.399 e. The third kappa shape index (κ3) is 3.31. The van der Waals surface area contributed by atoms with Gasteiger partial charge in [-0.3, -0.25) is 0 Å². The SMILES string of the molecule is Nc1cccc(CS(=O)(=O)NC2CCOC2C2CC2)c1. The Kier molecular flexibility index (Phi) is 3.70. The second-order valence-corrected chi connectivity index (χ2v) is 7.44. The molecule has 1 aromatic rings. The summed E-state index contributed by atoms with van der Waals surface area (Å²) >= 11 is 0. The van der Waals surface area contributed by atoms with E-state index in [2.05, 4.69) is 4.72 Å². The Hall–Kier alpha value is -1.11. The van der Waals surface area contributed by atoms with E-state index in [1.54, 1.807) is 24.3 Å². The van der Waals surface area contributed by atoms with E-state index in [0.29, 0.717) is 23.8 Å². The highest BCUT2D eigenvalue weighted by atomic mass is 32.2. The molecule has 1 aliphatic carbocycles. The first kappa shape index (κ1) is 13.9. The molecular weight excluding hydrogens is 276 g/mol. The smallest absolute Gasteiger partial charge is 0.216 e. The van der Waals surface area contributed by atoms with Crippen molar-refractivity contribution in [1.29, 1.82) is 0 Å². The number of hydrogen-bond acceptors (Lipinski definition) is 4. The third-order valence-corrected chi connectivity index (χ3v) is 5.24. The van der Waals surface area contributed by atoms with Gasteiger partial charge in [0.05, 0.1) is 17.9 Å². The van der Waals surface area contributed by atoms with E-state index in [0.717, 1.165) is 19.3 Å². The molecule has 0 spiro atoms. The maximum absolute atomic E-state index is 12.2. The van der Waals surface area contributed by atoms with Crippen molar-refractivity contribution < 1.29 is 13.2 Å². The maximum atomic E-state index is 12.2. The molecule has 0 bridgehead atoms. The van der Waals surface area contributed by atoms with Crippen molar-refractivity contribution in [3.05, 3.63) is 29.8 Å². The van der Waals surface area contributed by atoms with Crippen LogP contribution in [0.15, 0.2) is 24.3 Å². The summed E-state index contributed by atoms with van der Waals surface area (Å²) in [6, 6.07) is 6.92. The van der Waals surface area contributed by atoms with Gasteiger partial charge in [-0.15, -0.1) is 0 Å². The molecule has 1 saturated carbocycles. The highest BCUT2D eigenvalue weighted by Gasteiger charge is 2.41. The highest BCUT2D eigenvalue weighted by molar-refractivity contribution is 7.88. The lowest BCUT2D eigenvalue weighted by molar-refractivity contribution is 0.0848. The summed E-state index contributed by atoms with van der Waals surface area (Å²) in [4.78, 5) is 0. The molecule has 2 atom stereocenters. The van der Waals surface area contributed by atoms with Crippen molar-refractivity contribution in [2.75, 3.05) is 12.3 Å². The monoisotopic (exact) mass is 296 g/mol. The van der Waals surface area contributed by atoms with Gasteiger partial charge >= 0.3 is 0 Å².